The van der Waals surface area contributed by atoms with Crippen LogP contribution in [0.25, 0.3) is 11.1 Å². The van der Waals surface area contributed by atoms with Gasteiger partial charge in [-0.05, 0) is 86.2 Å². The maximum atomic E-state index is 13.5. The lowest BCUT2D eigenvalue weighted by Crippen LogP contribution is -2.01. The first-order chi connectivity index (χ1) is 8.84. The molecule has 0 unspecified atom stereocenters. The maximum absolute atomic E-state index is 13.5. The van der Waals surface area contributed by atoms with Crippen LogP contribution in [0.2, 0.25) is 0 Å². The molecule has 0 amide bonds. The highest BCUT2D eigenvalue weighted by molar-refractivity contribution is 5.82. The largest absolute Gasteiger partial charge is 0.398 e. The second-order valence-electron chi connectivity index (χ2n) is 5.23. The molecule has 100 valence electrons. The van der Waals surface area contributed by atoms with E-state index in [-0.39, 0.29) is 5.82 Å². The summed E-state index contributed by atoms with van der Waals surface area (Å²) in [6, 6.07) is 4.56. The summed E-state index contributed by atoms with van der Waals surface area (Å²) in [5.41, 5.74) is 14.7. The summed E-state index contributed by atoms with van der Waals surface area (Å²) in [4.78, 5) is 0. The minimum Gasteiger partial charge on any atom is -0.398 e. The molecule has 0 heterocycles. The van der Waals surface area contributed by atoms with Crippen LogP contribution in [-0.4, -0.2) is 0 Å². The van der Waals surface area contributed by atoms with Crippen molar-refractivity contribution in [2.24, 2.45) is 0 Å². The Morgan fingerprint density at radius 1 is 0.789 bits per heavy atom. The van der Waals surface area contributed by atoms with Crippen LogP contribution in [-0.2, 0) is 0 Å². The van der Waals surface area contributed by atoms with Crippen LogP contribution < -0.4 is 5.73 Å². The number of hydrogen-bond donors (Lipinski definition) is 1. The quantitative estimate of drug-likeness (QED) is 0.741. The summed E-state index contributed by atoms with van der Waals surface area (Å²) in [6.07, 6.45) is 0. The lowest BCUT2D eigenvalue weighted by molar-refractivity contribution is 0.628. The molecule has 2 heteroatoms. The summed E-state index contributed by atoms with van der Waals surface area (Å²) >= 11 is 0. The predicted molar refractivity (Wildman–Crippen MR) is 79.9 cm³/mol. The number of anilines is 1. The third kappa shape index (κ3) is 2.12. The van der Waals surface area contributed by atoms with Gasteiger partial charge in [-0.2, -0.15) is 0 Å². The molecule has 19 heavy (non-hydrogen) atoms. The SMILES string of the molecule is Cc1c(C)c(C)c(-c2cc(F)ccc2N)c(C)c1C. The van der Waals surface area contributed by atoms with Crippen molar-refractivity contribution in [1.82, 2.24) is 0 Å². The van der Waals surface area contributed by atoms with E-state index >= 15 is 0 Å². The number of halogens is 1. The van der Waals surface area contributed by atoms with E-state index in [1.165, 1.54) is 39.9 Å². The molecule has 0 saturated carbocycles. The minimum atomic E-state index is -0.251. The van der Waals surface area contributed by atoms with Gasteiger partial charge in [-0.3, -0.25) is 0 Å². The van der Waals surface area contributed by atoms with Gasteiger partial charge in [0.15, 0.2) is 0 Å². The smallest absolute Gasteiger partial charge is 0.123 e. The lowest BCUT2D eigenvalue weighted by Gasteiger charge is -2.20. The van der Waals surface area contributed by atoms with E-state index in [0.29, 0.717) is 5.69 Å². The maximum Gasteiger partial charge on any atom is 0.123 e. The highest BCUT2D eigenvalue weighted by Crippen LogP contribution is 2.36. The summed E-state index contributed by atoms with van der Waals surface area (Å²) in [5.74, 6) is -0.251. The van der Waals surface area contributed by atoms with Crippen LogP contribution in [0, 0.1) is 40.4 Å². The Balaban J connectivity index is 2.87. The summed E-state index contributed by atoms with van der Waals surface area (Å²) in [7, 11) is 0. The van der Waals surface area contributed by atoms with Crippen molar-refractivity contribution in [3.8, 4) is 11.1 Å². The number of nitrogens with two attached hydrogens (primary N) is 1. The van der Waals surface area contributed by atoms with Crippen molar-refractivity contribution in [3.05, 3.63) is 51.8 Å². The second-order valence-corrected chi connectivity index (χ2v) is 5.23. The number of hydrogen-bond acceptors (Lipinski definition) is 1. The van der Waals surface area contributed by atoms with Gasteiger partial charge >= 0.3 is 0 Å². The fourth-order valence-corrected chi connectivity index (χ4v) is 2.65. The lowest BCUT2D eigenvalue weighted by atomic mass is 9.86. The predicted octanol–water partition coefficient (Wildman–Crippen LogP) is 4.62. The Bertz CT molecular complexity index is 628. The van der Waals surface area contributed by atoms with E-state index in [0.717, 1.165) is 11.1 Å². The molecule has 0 bridgehead atoms. The van der Waals surface area contributed by atoms with Gasteiger partial charge in [-0.1, -0.05) is 0 Å². The molecular formula is C17H20FN. The highest BCUT2D eigenvalue weighted by atomic mass is 19.1. The molecule has 1 nitrogen and oxygen atoms in total. The minimum absolute atomic E-state index is 0.251. The van der Waals surface area contributed by atoms with Gasteiger partial charge in [0, 0.05) is 11.3 Å². The summed E-state index contributed by atoms with van der Waals surface area (Å²) in [5, 5.41) is 0. The second kappa shape index (κ2) is 4.69. The molecule has 0 fully saturated rings. The van der Waals surface area contributed by atoms with Crippen molar-refractivity contribution in [1.29, 1.82) is 0 Å². The van der Waals surface area contributed by atoms with Gasteiger partial charge in [0.25, 0.3) is 0 Å². The molecule has 2 rings (SSSR count). The van der Waals surface area contributed by atoms with Crippen molar-refractivity contribution in [3.63, 3.8) is 0 Å². The van der Waals surface area contributed by atoms with Crippen LogP contribution in [0.4, 0.5) is 10.1 Å². The molecule has 0 aliphatic heterocycles. The zero-order valence-corrected chi connectivity index (χ0v) is 12.2. The molecule has 0 saturated heterocycles. The van der Waals surface area contributed by atoms with Gasteiger partial charge in [-0.25, -0.2) is 4.39 Å². The topological polar surface area (TPSA) is 26.0 Å². The van der Waals surface area contributed by atoms with E-state index in [4.69, 9.17) is 5.73 Å². The number of benzene rings is 2. The Kier molecular flexibility index (Phi) is 3.36. The summed E-state index contributed by atoms with van der Waals surface area (Å²) < 4.78 is 13.5. The van der Waals surface area contributed by atoms with Crippen LogP contribution in [0.15, 0.2) is 18.2 Å². The van der Waals surface area contributed by atoms with Crippen molar-refractivity contribution < 1.29 is 4.39 Å². The zero-order chi connectivity index (χ0) is 14.3. The normalized spacial score (nSPS) is 10.8. The first kappa shape index (κ1) is 13.6. The Hall–Kier alpha value is -1.83. The van der Waals surface area contributed by atoms with Gasteiger partial charge < -0.3 is 5.73 Å². The Labute approximate surface area is 114 Å². The fourth-order valence-electron chi connectivity index (χ4n) is 2.65. The van der Waals surface area contributed by atoms with Crippen LogP contribution in [0.1, 0.15) is 27.8 Å². The third-order valence-electron chi connectivity index (χ3n) is 4.28. The standard InChI is InChI=1S/C17H20FN/c1-9-10(2)12(4)17(13(5)11(9)3)15-8-14(18)6-7-16(15)19/h6-8H,19H2,1-5H3. The molecular weight excluding hydrogens is 237 g/mol. The fraction of sp³-hybridized carbons (Fsp3) is 0.294. The van der Waals surface area contributed by atoms with Crippen molar-refractivity contribution in [2.75, 3.05) is 5.73 Å². The molecule has 0 spiro atoms. The van der Waals surface area contributed by atoms with Crippen molar-refractivity contribution >= 4 is 5.69 Å². The van der Waals surface area contributed by atoms with E-state index in [1.54, 1.807) is 6.07 Å². The zero-order valence-electron chi connectivity index (χ0n) is 12.2. The first-order valence-corrected chi connectivity index (χ1v) is 6.47. The molecule has 2 aromatic carbocycles. The molecule has 0 aromatic heterocycles. The van der Waals surface area contributed by atoms with Gasteiger partial charge in [-0.15, -0.1) is 0 Å². The molecule has 0 aliphatic carbocycles. The monoisotopic (exact) mass is 257 g/mol. The highest BCUT2D eigenvalue weighted by Gasteiger charge is 2.15. The van der Waals surface area contributed by atoms with Crippen molar-refractivity contribution in [2.45, 2.75) is 34.6 Å². The molecule has 0 aliphatic rings. The van der Waals surface area contributed by atoms with Crippen LogP contribution >= 0.6 is 0 Å². The van der Waals surface area contributed by atoms with Crippen LogP contribution in [0.3, 0.4) is 0 Å². The van der Waals surface area contributed by atoms with Gasteiger partial charge in [0.2, 0.25) is 0 Å². The Morgan fingerprint density at radius 3 is 1.79 bits per heavy atom. The molecule has 2 aromatic rings. The van der Waals surface area contributed by atoms with Gasteiger partial charge in [0.1, 0.15) is 5.82 Å². The third-order valence-corrected chi connectivity index (χ3v) is 4.28. The molecule has 0 radical (unpaired) electrons. The van der Waals surface area contributed by atoms with E-state index < -0.39 is 0 Å². The average Bonchev–Trinajstić information content (AvgIpc) is 2.38. The van der Waals surface area contributed by atoms with Gasteiger partial charge in [0.05, 0.1) is 0 Å². The van der Waals surface area contributed by atoms with E-state index in [1.807, 2.05) is 0 Å². The van der Waals surface area contributed by atoms with E-state index in [2.05, 4.69) is 34.6 Å². The summed E-state index contributed by atoms with van der Waals surface area (Å²) in [6.45, 7) is 10.5. The van der Waals surface area contributed by atoms with E-state index in [9.17, 15) is 4.39 Å². The average molecular weight is 257 g/mol. The Morgan fingerprint density at radius 2 is 1.26 bits per heavy atom. The molecule has 0 atom stereocenters. The first-order valence-electron chi connectivity index (χ1n) is 6.47. The number of rotatable bonds is 1. The number of nitrogen functional groups attached to an aromatic ring is 1. The molecule has 2 N–H and O–H groups in total. The van der Waals surface area contributed by atoms with Crippen LogP contribution in [0.5, 0.6) is 0 Å².